The largest absolute Gasteiger partial charge is 0.399 e. The molecular weight excluding hydrogens is 224 g/mol. The number of halogens is 2. The fourth-order valence-electron chi connectivity index (χ4n) is 1.17. The lowest BCUT2D eigenvalue weighted by Gasteiger charge is -2.07. The summed E-state index contributed by atoms with van der Waals surface area (Å²) in [5.41, 5.74) is 6.50. The smallest absolute Gasteiger partial charge is 0.341 e. The van der Waals surface area contributed by atoms with E-state index in [-0.39, 0.29) is 4.90 Å². The summed E-state index contributed by atoms with van der Waals surface area (Å²) in [4.78, 5) is -0.386. The third kappa shape index (κ3) is 2.26. The number of alkyl halides is 2. The summed E-state index contributed by atoms with van der Waals surface area (Å²) in [6.07, 6.45) is 0.498. The Morgan fingerprint density at radius 1 is 1.40 bits per heavy atom. The highest BCUT2D eigenvalue weighted by Crippen LogP contribution is 2.22. The second-order valence-electron chi connectivity index (χ2n) is 3.02. The van der Waals surface area contributed by atoms with E-state index in [1.807, 2.05) is 0 Å². The highest BCUT2D eigenvalue weighted by atomic mass is 32.2. The highest BCUT2D eigenvalue weighted by molar-refractivity contribution is 7.91. The summed E-state index contributed by atoms with van der Waals surface area (Å²) in [6, 6.07) is 3.61. The number of nitrogen functional groups attached to an aromatic ring is 1. The molecule has 2 N–H and O–H groups in total. The predicted octanol–water partition coefficient (Wildman–Crippen LogP) is 1.83. The third-order valence-electron chi connectivity index (χ3n) is 2.06. The van der Waals surface area contributed by atoms with Gasteiger partial charge in [-0.25, -0.2) is 8.42 Å². The molecule has 0 bridgehead atoms. The molecule has 6 heteroatoms. The van der Waals surface area contributed by atoms with E-state index in [2.05, 4.69) is 0 Å². The van der Waals surface area contributed by atoms with Gasteiger partial charge in [-0.2, -0.15) is 8.78 Å². The Morgan fingerprint density at radius 3 is 2.47 bits per heavy atom. The van der Waals surface area contributed by atoms with Crippen molar-refractivity contribution in [3.8, 4) is 0 Å². The van der Waals surface area contributed by atoms with Crippen molar-refractivity contribution < 1.29 is 17.2 Å². The fourth-order valence-corrected chi connectivity index (χ4v) is 1.94. The van der Waals surface area contributed by atoms with Gasteiger partial charge in [0.05, 0.1) is 4.90 Å². The Balaban J connectivity index is 3.29. The quantitative estimate of drug-likeness (QED) is 0.813. The molecular formula is C9H11F2NO2S. The number of rotatable bonds is 3. The van der Waals surface area contributed by atoms with E-state index >= 15 is 0 Å². The van der Waals surface area contributed by atoms with Crippen molar-refractivity contribution >= 4 is 15.5 Å². The van der Waals surface area contributed by atoms with Crippen molar-refractivity contribution in [2.45, 2.75) is 24.0 Å². The second-order valence-corrected chi connectivity index (χ2v) is 4.94. The predicted molar refractivity (Wildman–Crippen MR) is 53.4 cm³/mol. The molecule has 1 rings (SSSR count). The number of hydrogen-bond donors (Lipinski definition) is 1. The number of aryl methyl sites for hydroxylation is 1. The van der Waals surface area contributed by atoms with E-state index in [0.29, 0.717) is 17.7 Å². The van der Waals surface area contributed by atoms with Crippen molar-refractivity contribution in [1.29, 1.82) is 0 Å². The molecule has 0 atom stereocenters. The summed E-state index contributed by atoms with van der Waals surface area (Å²) in [6.45, 7) is 1.77. The Kier molecular flexibility index (Phi) is 3.28. The van der Waals surface area contributed by atoms with Crippen LogP contribution in [0, 0.1) is 0 Å². The maximum Gasteiger partial charge on any atom is 0.341 e. The van der Waals surface area contributed by atoms with E-state index in [9.17, 15) is 17.2 Å². The van der Waals surface area contributed by atoms with Gasteiger partial charge >= 0.3 is 5.76 Å². The minimum Gasteiger partial charge on any atom is -0.399 e. The molecule has 84 valence electrons. The first-order valence-corrected chi connectivity index (χ1v) is 5.84. The Hall–Kier alpha value is -1.17. The highest BCUT2D eigenvalue weighted by Gasteiger charge is 2.26. The molecule has 0 unspecified atom stereocenters. The van der Waals surface area contributed by atoms with E-state index in [1.54, 1.807) is 6.92 Å². The van der Waals surface area contributed by atoms with Crippen LogP contribution in [0.25, 0.3) is 0 Å². The van der Waals surface area contributed by atoms with Gasteiger partial charge in [-0.15, -0.1) is 0 Å². The summed E-state index contributed by atoms with van der Waals surface area (Å²) in [7, 11) is -4.52. The van der Waals surface area contributed by atoms with Gasteiger partial charge < -0.3 is 5.73 Å². The first-order chi connectivity index (χ1) is 6.89. The van der Waals surface area contributed by atoms with Crippen molar-refractivity contribution in [1.82, 2.24) is 0 Å². The van der Waals surface area contributed by atoms with Crippen LogP contribution in [0.3, 0.4) is 0 Å². The molecule has 0 heterocycles. The molecule has 15 heavy (non-hydrogen) atoms. The van der Waals surface area contributed by atoms with Crippen LogP contribution in [0.1, 0.15) is 12.5 Å². The van der Waals surface area contributed by atoms with Crippen molar-refractivity contribution in [3.63, 3.8) is 0 Å². The molecule has 3 nitrogen and oxygen atoms in total. The molecule has 0 spiro atoms. The minimum absolute atomic E-state index is 0.386. The van der Waals surface area contributed by atoms with Crippen LogP contribution in [0.15, 0.2) is 23.1 Å². The van der Waals surface area contributed by atoms with Crippen LogP contribution in [0.4, 0.5) is 14.5 Å². The van der Waals surface area contributed by atoms with Gasteiger partial charge in [0.1, 0.15) is 0 Å². The molecule has 0 aromatic heterocycles. The average Bonchev–Trinajstić information content (AvgIpc) is 2.18. The molecule has 0 aliphatic carbocycles. The SMILES string of the molecule is CCc1cc(S(=O)(=O)C(F)F)ccc1N. The molecule has 1 aromatic carbocycles. The zero-order valence-corrected chi connectivity index (χ0v) is 8.89. The fraction of sp³-hybridized carbons (Fsp3) is 0.333. The first-order valence-electron chi connectivity index (χ1n) is 4.30. The maximum absolute atomic E-state index is 12.2. The third-order valence-corrected chi connectivity index (χ3v) is 3.44. The number of nitrogens with two attached hydrogens (primary N) is 1. The van der Waals surface area contributed by atoms with Gasteiger partial charge in [0.15, 0.2) is 0 Å². The molecule has 0 amide bonds. The Bertz CT molecular complexity index is 457. The topological polar surface area (TPSA) is 60.2 Å². The number of hydrogen-bond acceptors (Lipinski definition) is 3. The van der Waals surface area contributed by atoms with E-state index in [4.69, 9.17) is 5.73 Å². The van der Waals surface area contributed by atoms with E-state index < -0.39 is 15.6 Å². The normalized spacial score (nSPS) is 12.0. The van der Waals surface area contributed by atoms with Crippen LogP contribution >= 0.6 is 0 Å². The standard InChI is InChI=1S/C9H11F2NO2S/c1-2-6-5-7(3-4-8(6)12)15(13,14)9(10)11/h3-5,9H,2,12H2,1H3. The van der Waals surface area contributed by atoms with Crippen molar-refractivity contribution in [2.24, 2.45) is 0 Å². The number of benzene rings is 1. The minimum atomic E-state index is -4.52. The summed E-state index contributed by atoms with van der Waals surface area (Å²) in [5.74, 6) is -3.40. The molecule has 1 aromatic rings. The van der Waals surface area contributed by atoms with Crippen molar-refractivity contribution in [3.05, 3.63) is 23.8 Å². The van der Waals surface area contributed by atoms with Crippen LogP contribution < -0.4 is 5.73 Å². The monoisotopic (exact) mass is 235 g/mol. The van der Waals surface area contributed by atoms with Gasteiger partial charge in [0, 0.05) is 5.69 Å². The summed E-state index contributed by atoms with van der Waals surface area (Å²) < 4.78 is 46.7. The van der Waals surface area contributed by atoms with Crippen LogP contribution in [-0.4, -0.2) is 14.2 Å². The zero-order chi connectivity index (χ0) is 11.6. The lowest BCUT2D eigenvalue weighted by atomic mass is 10.1. The van der Waals surface area contributed by atoms with E-state index in [1.165, 1.54) is 12.1 Å². The second kappa shape index (κ2) is 4.14. The van der Waals surface area contributed by atoms with E-state index in [0.717, 1.165) is 6.07 Å². The Morgan fingerprint density at radius 2 is 2.00 bits per heavy atom. The van der Waals surface area contributed by atoms with Gasteiger partial charge in [0.25, 0.3) is 0 Å². The maximum atomic E-state index is 12.2. The van der Waals surface area contributed by atoms with Gasteiger partial charge in [-0.3, -0.25) is 0 Å². The molecule has 0 radical (unpaired) electrons. The van der Waals surface area contributed by atoms with Gasteiger partial charge in [0.2, 0.25) is 9.84 Å². The number of anilines is 1. The van der Waals surface area contributed by atoms with Crippen LogP contribution in [-0.2, 0) is 16.3 Å². The zero-order valence-electron chi connectivity index (χ0n) is 8.07. The van der Waals surface area contributed by atoms with Gasteiger partial charge in [-0.05, 0) is 30.2 Å². The molecule has 0 fully saturated rings. The van der Waals surface area contributed by atoms with Crippen LogP contribution in [0.2, 0.25) is 0 Å². The lowest BCUT2D eigenvalue weighted by Crippen LogP contribution is -2.12. The van der Waals surface area contributed by atoms with Crippen molar-refractivity contribution in [2.75, 3.05) is 5.73 Å². The van der Waals surface area contributed by atoms with Gasteiger partial charge in [-0.1, -0.05) is 6.92 Å². The first kappa shape index (κ1) is 11.9. The Labute approximate surface area is 86.8 Å². The van der Waals surface area contributed by atoms with Crippen LogP contribution in [0.5, 0.6) is 0 Å². The lowest BCUT2D eigenvalue weighted by molar-refractivity contribution is 0.234. The molecule has 0 saturated heterocycles. The summed E-state index contributed by atoms with van der Waals surface area (Å²) in [5, 5.41) is 0. The summed E-state index contributed by atoms with van der Waals surface area (Å²) >= 11 is 0. The molecule has 0 aliphatic rings. The average molecular weight is 235 g/mol. The number of sulfone groups is 1. The molecule has 0 saturated carbocycles. The molecule has 0 aliphatic heterocycles.